The van der Waals surface area contributed by atoms with E-state index in [1.54, 1.807) is 0 Å². The van der Waals surface area contributed by atoms with Crippen LogP contribution in [-0.2, 0) is 0 Å². The topological polar surface area (TPSA) is 33.5 Å². The Bertz CT molecular complexity index is 666. The van der Waals surface area contributed by atoms with Gasteiger partial charge < -0.3 is 9.32 Å². The van der Waals surface area contributed by atoms with Gasteiger partial charge in [-0.3, -0.25) is 0 Å². The van der Waals surface area contributed by atoms with Crippen molar-refractivity contribution in [2.75, 3.05) is 18.0 Å². The number of rotatable bonds is 4. The molecule has 0 fully saturated rings. The maximum atomic E-state index is 11.9. The van der Waals surface area contributed by atoms with E-state index in [1.807, 2.05) is 25.1 Å². The highest BCUT2D eigenvalue weighted by molar-refractivity contribution is 5.83. The zero-order valence-electron chi connectivity index (χ0n) is 11.7. The van der Waals surface area contributed by atoms with Crippen molar-refractivity contribution in [3.05, 3.63) is 46.8 Å². The highest BCUT2D eigenvalue weighted by Crippen LogP contribution is 2.23. The predicted molar refractivity (Wildman–Crippen MR) is 80.8 cm³/mol. The smallest absolute Gasteiger partial charge is 0.343 e. The summed E-state index contributed by atoms with van der Waals surface area (Å²) >= 11 is 0. The summed E-state index contributed by atoms with van der Waals surface area (Å²) in [6, 6.07) is 7.80. The Hall–Kier alpha value is -2.03. The Kier molecular flexibility index (Phi) is 3.74. The van der Waals surface area contributed by atoms with Crippen LogP contribution in [-0.4, -0.2) is 13.1 Å². The lowest BCUT2D eigenvalue weighted by molar-refractivity contribution is 0.558. The summed E-state index contributed by atoms with van der Waals surface area (Å²) in [6.45, 7) is 11.7. The van der Waals surface area contributed by atoms with Crippen molar-refractivity contribution in [1.29, 1.82) is 0 Å². The number of nitrogens with zero attached hydrogens (tertiary/aromatic N) is 1. The fraction of sp³-hybridized carbons (Fsp3) is 0.312. The standard InChI is InChI=1S/C16H19NO2/c1-5-17(6-2)13-8-7-12-9-14(11(3)4)16(18)19-15(12)10-13/h7-10H,3,5-6H2,1-2,4H3. The van der Waals surface area contributed by atoms with E-state index in [1.165, 1.54) is 0 Å². The molecule has 0 amide bonds. The van der Waals surface area contributed by atoms with Crippen LogP contribution in [0.25, 0.3) is 16.5 Å². The van der Waals surface area contributed by atoms with E-state index in [-0.39, 0.29) is 5.63 Å². The van der Waals surface area contributed by atoms with Crippen LogP contribution < -0.4 is 10.5 Å². The van der Waals surface area contributed by atoms with Crippen LogP contribution in [0.4, 0.5) is 5.69 Å². The van der Waals surface area contributed by atoms with Crippen molar-refractivity contribution < 1.29 is 4.42 Å². The van der Waals surface area contributed by atoms with Gasteiger partial charge in [-0.25, -0.2) is 4.79 Å². The lowest BCUT2D eigenvalue weighted by Crippen LogP contribution is -2.21. The van der Waals surface area contributed by atoms with Gasteiger partial charge in [0.15, 0.2) is 0 Å². The average Bonchev–Trinajstić information content (AvgIpc) is 2.38. The summed E-state index contributed by atoms with van der Waals surface area (Å²) in [6.07, 6.45) is 0. The van der Waals surface area contributed by atoms with E-state index in [9.17, 15) is 4.79 Å². The predicted octanol–water partition coefficient (Wildman–Crippen LogP) is 3.67. The van der Waals surface area contributed by atoms with E-state index < -0.39 is 0 Å². The molecule has 0 saturated heterocycles. The normalized spacial score (nSPS) is 10.7. The Morgan fingerprint density at radius 3 is 2.53 bits per heavy atom. The summed E-state index contributed by atoms with van der Waals surface area (Å²) in [5.41, 5.74) is 2.64. The minimum absolute atomic E-state index is 0.323. The number of hydrogen-bond donors (Lipinski definition) is 0. The van der Waals surface area contributed by atoms with Crippen molar-refractivity contribution in [1.82, 2.24) is 0 Å². The molecule has 0 aliphatic heterocycles. The molecular weight excluding hydrogens is 238 g/mol. The molecule has 3 nitrogen and oxygen atoms in total. The van der Waals surface area contributed by atoms with Gasteiger partial charge in [0.05, 0.1) is 5.56 Å². The fourth-order valence-corrected chi connectivity index (χ4v) is 2.18. The third-order valence-electron chi connectivity index (χ3n) is 3.31. The number of hydrogen-bond acceptors (Lipinski definition) is 3. The summed E-state index contributed by atoms with van der Waals surface area (Å²) < 4.78 is 5.39. The molecule has 3 heteroatoms. The summed E-state index contributed by atoms with van der Waals surface area (Å²) in [5.74, 6) is 0. The number of benzene rings is 1. The molecule has 1 aromatic carbocycles. The van der Waals surface area contributed by atoms with Crippen LogP contribution in [0.5, 0.6) is 0 Å². The second kappa shape index (κ2) is 5.31. The van der Waals surface area contributed by atoms with E-state index in [0.717, 1.165) is 29.7 Å². The van der Waals surface area contributed by atoms with Crippen LogP contribution in [0.1, 0.15) is 26.3 Å². The monoisotopic (exact) mass is 257 g/mol. The fourth-order valence-electron chi connectivity index (χ4n) is 2.18. The molecular formula is C16H19NO2. The molecule has 0 aliphatic rings. The molecule has 2 aromatic rings. The third kappa shape index (κ3) is 2.55. The van der Waals surface area contributed by atoms with Gasteiger partial charge in [-0.2, -0.15) is 0 Å². The van der Waals surface area contributed by atoms with E-state index >= 15 is 0 Å². The first-order valence-corrected chi connectivity index (χ1v) is 6.55. The lowest BCUT2D eigenvalue weighted by atomic mass is 10.1. The van der Waals surface area contributed by atoms with Crippen molar-refractivity contribution in [3.8, 4) is 0 Å². The van der Waals surface area contributed by atoms with Crippen LogP contribution in [0.15, 0.2) is 40.1 Å². The van der Waals surface area contributed by atoms with Crippen molar-refractivity contribution >= 4 is 22.2 Å². The first kappa shape index (κ1) is 13.4. The van der Waals surface area contributed by atoms with Crippen molar-refractivity contribution in [2.45, 2.75) is 20.8 Å². The van der Waals surface area contributed by atoms with E-state index in [0.29, 0.717) is 11.1 Å². The minimum atomic E-state index is -0.323. The second-order valence-electron chi connectivity index (χ2n) is 4.62. The molecule has 100 valence electrons. The maximum absolute atomic E-state index is 11.9. The highest BCUT2D eigenvalue weighted by atomic mass is 16.4. The summed E-state index contributed by atoms with van der Waals surface area (Å²) in [5, 5.41) is 0.925. The van der Waals surface area contributed by atoms with Gasteiger partial charge in [0.25, 0.3) is 0 Å². The van der Waals surface area contributed by atoms with Gasteiger partial charge >= 0.3 is 5.63 Å². The van der Waals surface area contributed by atoms with Gasteiger partial charge in [0.1, 0.15) is 5.58 Å². The van der Waals surface area contributed by atoms with Crippen LogP contribution >= 0.6 is 0 Å². The molecule has 19 heavy (non-hydrogen) atoms. The highest BCUT2D eigenvalue weighted by Gasteiger charge is 2.08. The molecule has 0 atom stereocenters. The number of fused-ring (bicyclic) bond motifs is 1. The maximum Gasteiger partial charge on any atom is 0.343 e. The molecule has 0 unspecified atom stereocenters. The number of anilines is 1. The largest absolute Gasteiger partial charge is 0.422 e. The Labute approximate surface area is 113 Å². The van der Waals surface area contributed by atoms with Crippen LogP contribution in [0.3, 0.4) is 0 Å². The molecule has 0 saturated carbocycles. The van der Waals surface area contributed by atoms with Crippen LogP contribution in [0.2, 0.25) is 0 Å². The van der Waals surface area contributed by atoms with Crippen molar-refractivity contribution in [2.24, 2.45) is 0 Å². The summed E-state index contributed by atoms with van der Waals surface area (Å²) in [7, 11) is 0. The van der Waals surface area contributed by atoms with Gasteiger partial charge in [0, 0.05) is 30.2 Å². The van der Waals surface area contributed by atoms with Crippen LogP contribution in [0, 0.1) is 0 Å². The molecule has 1 heterocycles. The first-order valence-electron chi connectivity index (χ1n) is 6.55. The molecule has 0 radical (unpaired) electrons. The first-order chi connectivity index (χ1) is 9.06. The Morgan fingerprint density at radius 1 is 1.26 bits per heavy atom. The lowest BCUT2D eigenvalue weighted by Gasteiger charge is -2.21. The number of allylic oxidation sites excluding steroid dienone is 1. The molecule has 0 bridgehead atoms. The third-order valence-corrected chi connectivity index (χ3v) is 3.31. The Balaban J connectivity index is 2.59. The quantitative estimate of drug-likeness (QED) is 0.783. The van der Waals surface area contributed by atoms with E-state index in [4.69, 9.17) is 4.42 Å². The minimum Gasteiger partial charge on any atom is -0.422 e. The zero-order valence-corrected chi connectivity index (χ0v) is 11.7. The zero-order chi connectivity index (χ0) is 14.0. The van der Waals surface area contributed by atoms with Gasteiger partial charge in [-0.1, -0.05) is 6.58 Å². The molecule has 1 aromatic heterocycles. The molecule has 0 spiro atoms. The molecule has 0 N–H and O–H groups in total. The van der Waals surface area contributed by atoms with Gasteiger partial charge in [-0.05, 0) is 44.5 Å². The summed E-state index contributed by atoms with van der Waals surface area (Å²) in [4.78, 5) is 14.1. The van der Waals surface area contributed by atoms with Gasteiger partial charge in [0.2, 0.25) is 0 Å². The Morgan fingerprint density at radius 2 is 1.95 bits per heavy atom. The average molecular weight is 257 g/mol. The molecule has 0 aliphatic carbocycles. The second-order valence-corrected chi connectivity index (χ2v) is 4.62. The van der Waals surface area contributed by atoms with Gasteiger partial charge in [-0.15, -0.1) is 0 Å². The molecule has 2 rings (SSSR count). The van der Waals surface area contributed by atoms with Crippen molar-refractivity contribution in [3.63, 3.8) is 0 Å². The van der Waals surface area contributed by atoms with E-state index in [2.05, 4.69) is 31.4 Å². The SMILES string of the molecule is C=C(C)c1cc2ccc(N(CC)CC)cc2oc1=O.